The van der Waals surface area contributed by atoms with E-state index in [0.717, 1.165) is 23.7 Å². The lowest BCUT2D eigenvalue weighted by Gasteiger charge is -2.36. The Labute approximate surface area is 126 Å². The van der Waals surface area contributed by atoms with Gasteiger partial charge in [-0.2, -0.15) is 4.80 Å². The third-order valence-corrected chi connectivity index (χ3v) is 4.74. The summed E-state index contributed by atoms with van der Waals surface area (Å²) in [6.07, 6.45) is 3.75. The molecule has 1 aromatic heterocycles. The average Bonchev–Trinajstić information content (AvgIpc) is 2.97. The molecule has 1 heterocycles. The lowest BCUT2D eigenvalue weighted by atomic mass is 9.74. The second kappa shape index (κ2) is 5.96. The average molecular weight is 284 g/mol. The highest BCUT2D eigenvalue weighted by Crippen LogP contribution is 2.40. The molecule has 0 spiro atoms. The smallest absolute Gasteiger partial charge is 0.160 e. The molecule has 0 amide bonds. The molecule has 3 atom stereocenters. The first kappa shape index (κ1) is 14.2. The SMILES string of the molecule is CC(C)[C@H]1CC[C@H](C)C[C@@H]1n1nnc(-c2ccccc2)n1. The number of nitrogens with zero attached hydrogens (tertiary/aromatic N) is 4. The van der Waals surface area contributed by atoms with E-state index in [-0.39, 0.29) is 0 Å². The quantitative estimate of drug-likeness (QED) is 0.856. The van der Waals surface area contributed by atoms with Crippen molar-refractivity contribution in [3.8, 4) is 11.4 Å². The number of benzene rings is 1. The van der Waals surface area contributed by atoms with Crippen LogP contribution in [0, 0.1) is 17.8 Å². The second-order valence-corrected chi connectivity index (χ2v) is 6.69. The Balaban J connectivity index is 1.87. The van der Waals surface area contributed by atoms with Gasteiger partial charge in [-0.1, -0.05) is 57.5 Å². The van der Waals surface area contributed by atoms with Crippen molar-refractivity contribution >= 4 is 0 Å². The van der Waals surface area contributed by atoms with E-state index in [2.05, 4.69) is 36.2 Å². The lowest BCUT2D eigenvalue weighted by molar-refractivity contribution is 0.126. The van der Waals surface area contributed by atoms with Crippen LogP contribution in [-0.4, -0.2) is 20.2 Å². The highest BCUT2D eigenvalue weighted by atomic mass is 15.6. The van der Waals surface area contributed by atoms with E-state index in [1.807, 2.05) is 35.1 Å². The van der Waals surface area contributed by atoms with Gasteiger partial charge in [0.05, 0.1) is 6.04 Å². The van der Waals surface area contributed by atoms with Crippen LogP contribution in [0.25, 0.3) is 11.4 Å². The fourth-order valence-corrected chi connectivity index (χ4v) is 3.49. The molecule has 1 aliphatic rings. The standard InChI is InChI=1S/C17H24N4/c1-12(2)15-10-9-13(3)11-16(15)21-19-17(18-20-21)14-7-5-4-6-8-14/h4-8,12-13,15-16H,9-11H2,1-3H3/t13-,15+,16-/m0/s1. The van der Waals surface area contributed by atoms with Gasteiger partial charge in [-0.25, -0.2) is 0 Å². The molecule has 3 rings (SSSR count). The van der Waals surface area contributed by atoms with E-state index < -0.39 is 0 Å². The predicted molar refractivity (Wildman–Crippen MR) is 83.6 cm³/mol. The van der Waals surface area contributed by atoms with Crippen LogP contribution in [0.2, 0.25) is 0 Å². The molecule has 4 nitrogen and oxygen atoms in total. The van der Waals surface area contributed by atoms with E-state index in [0.29, 0.717) is 17.9 Å². The maximum Gasteiger partial charge on any atom is 0.204 e. The van der Waals surface area contributed by atoms with Crippen LogP contribution in [0.3, 0.4) is 0 Å². The summed E-state index contributed by atoms with van der Waals surface area (Å²) in [7, 11) is 0. The topological polar surface area (TPSA) is 43.6 Å². The Bertz CT molecular complexity index is 575. The Morgan fingerprint density at radius 1 is 1.14 bits per heavy atom. The van der Waals surface area contributed by atoms with E-state index >= 15 is 0 Å². The van der Waals surface area contributed by atoms with Crippen molar-refractivity contribution in [3.05, 3.63) is 30.3 Å². The zero-order chi connectivity index (χ0) is 14.8. The molecule has 112 valence electrons. The van der Waals surface area contributed by atoms with Crippen molar-refractivity contribution in [2.45, 2.75) is 46.1 Å². The third-order valence-electron chi connectivity index (χ3n) is 4.74. The second-order valence-electron chi connectivity index (χ2n) is 6.69. The van der Waals surface area contributed by atoms with E-state index in [4.69, 9.17) is 0 Å². The first-order valence-corrected chi connectivity index (χ1v) is 8.00. The predicted octanol–water partition coefficient (Wildman–Crippen LogP) is 3.97. The van der Waals surface area contributed by atoms with Gasteiger partial charge in [0.2, 0.25) is 5.82 Å². The Kier molecular flexibility index (Phi) is 4.04. The molecule has 0 unspecified atom stereocenters. The zero-order valence-electron chi connectivity index (χ0n) is 13.1. The molecule has 2 aromatic rings. The van der Waals surface area contributed by atoms with E-state index in [9.17, 15) is 0 Å². The van der Waals surface area contributed by atoms with Crippen LogP contribution in [0.5, 0.6) is 0 Å². The van der Waals surface area contributed by atoms with Crippen LogP contribution in [0.15, 0.2) is 30.3 Å². The van der Waals surface area contributed by atoms with Gasteiger partial charge in [0.1, 0.15) is 0 Å². The molecule has 21 heavy (non-hydrogen) atoms. The van der Waals surface area contributed by atoms with E-state index in [1.165, 1.54) is 12.8 Å². The van der Waals surface area contributed by atoms with Crippen LogP contribution in [0.4, 0.5) is 0 Å². The minimum atomic E-state index is 0.388. The number of rotatable bonds is 3. The van der Waals surface area contributed by atoms with Crippen molar-refractivity contribution in [1.29, 1.82) is 0 Å². The summed E-state index contributed by atoms with van der Waals surface area (Å²) >= 11 is 0. The van der Waals surface area contributed by atoms with Gasteiger partial charge in [0.15, 0.2) is 0 Å². The lowest BCUT2D eigenvalue weighted by Crippen LogP contribution is -2.31. The Morgan fingerprint density at radius 3 is 2.62 bits per heavy atom. The Hall–Kier alpha value is -1.71. The van der Waals surface area contributed by atoms with Crippen LogP contribution in [0.1, 0.15) is 46.1 Å². The molecule has 1 saturated carbocycles. The summed E-state index contributed by atoms with van der Waals surface area (Å²) in [5.41, 5.74) is 1.04. The molecule has 0 N–H and O–H groups in total. The molecule has 0 radical (unpaired) electrons. The molecule has 1 fully saturated rings. The van der Waals surface area contributed by atoms with E-state index in [1.54, 1.807) is 0 Å². The van der Waals surface area contributed by atoms with Gasteiger partial charge in [-0.3, -0.25) is 0 Å². The Morgan fingerprint density at radius 2 is 1.90 bits per heavy atom. The van der Waals surface area contributed by atoms with Crippen molar-refractivity contribution in [2.24, 2.45) is 17.8 Å². The number of tetrazole rings is 1. The molecule has 4 heteroatoms. The fourth-order valence-electron chi connectivity index (χ4n) is 3.49. The summed E-state index contributed by atoms with van der Waals surface area (Å²) in [6.45, 7) is 6.95. The zero-order valence-corrected chi connectivity index (χ0v) is 13.1. The minimum absolute atomic E-state index is 0.388. The number of hydrogen-bond acceptors (Lipinski definition) is 3. The minimum Gasteiger partial charge on any atom is -0.160 e. The summed E-state index contributed by atoms with van der Waals surface area (Å²) in [4.78, 5) is 1.88. The largest absolute Gasteiger partial charge is 0.204 e. The maximum absolute atomic E-state index is 4.67. The monoisotopic (exact) mass is 284 g/mol. The highest BCUT2D eigenvalue weighted by molar-refractivity contribution is 5.52. The van der Waals surface area contributed by atoms with Crippen molar-refractivity contribution < 1.29 is 0 Å². The summed E-state index contributed by atoms with van der Waals surface area (Å²) in [6, 6.07) is 10.5. The highest BCUT2D eigenvalue weighted by Gasteiger charge is 2.33. The molecule has 0 saturated heterocycles. The first-order valence-electron chi connectivity index (χ1n) is 8.00. The van der Waals surface area contributed by atoms with Gasteiger partial charge in [0, 0.05) is 5.56 Å². The number of hydrogen-bond donors (Lipinski definition) is 0. The normalized spacial score (nSPS) is 26.2. The fraction of sp³-hybridized carbons (Fsp3) is 0.588. The van der Waals surface area contributed by atoms with Gasteiger partial charge in [-0.15, -0.1) is 10.2 Å². The summed E-state index contributed by atoms with van der Waals surface area (Å²) in [5.74, 6) is 2.79. The van der Waals surface area contributed by atoms with Gasteiger partial charge >= 0.3 is 0 Å². The molecular formula is C17H24N4. The van der Waals surface area contributed by atoms with Crippen LogP contribution < -0.4 is 0 Å². The maximum atomic E-state index is 4.67. The molecule has 1 aliphatic carbocycles. The van der Waals surface area contributed by atoms with Crippen molar-refractivity contribution in [2.75, 3.05) is 0 Å². The molecule has 0 bridgehead atoms. The molecule has 0 aliphatic heterocycles. The molecule has 1 aromatic carbocycles. The molecular weight excluding hydrogens is 260 g/mol. The van der Waals surface area contributed by atoms with Gasteiger partial charge in [0.25, 0.3) is 0 Å². The summed E-state index contributed by atoms with van der Waals surface area (Å²) in [5, 5.41) is 13.3. The summed E-state index contributed by atoms with van der Waals surface area (Å²) < 4.78 is 0. The van der Waals surface area contributed by atoms with Gasteiger partial charge in [-0.05, 0) is 35.8 Å². The van der Waals surface area contributed by atoms with Crippen LogP contribution >= 0.6 is 0 Å². The number of aromatic nitrogens is 4. The van der Waals surface area contributed by atoms with Crippen molar-refractivity contribution in [1.82, 2.24) is 20.2 Å². The van der Waals surface area contributed by atoms with Crippen LogP contribution in [-0.2, 0) is 0 Å². The first-order chi connectivity index (χ1) is 10.1. The van der Waals surface area contributed by atoms with Gasteiger partial charge < -0.3 is 0 Å². The van der Waals surface area contributed by atoms with Crippen molar-refractivity contribution in [3.63, 3.8) is 0 Å². The third kappa shape index (κ3) is 2.99.